The van der Waals surface area contributed by atoms with E-state index in [1.165, 1.54) is 0 Å². The van der Waals surface area contributed by atoms with Crippen molar-refractivity contribution in [3.63, 3.8) is 0 Å². The minimum Gasteiger partial charge on any atom is -0.394 e. The van der Waals surface area contributed by atoms with Gasteiger partial charge in [0.2, 0.25) is 5.91 Å². The van der Waals surface area contributed by atoms with Crippen LogP contribution < -0.4 is 10.6 Å². The van der Waals surface area contributed by atoms with E-state index in [2.05, 4.69) is 17.6 Å². The van der Waals surface area contributed by atoms with E-state index in [0.29, 0.717) is 13.2 Å². The second kappa shape index (κ2) is 7.71. The van der Waals surface area contributed by atoms with Crippen molar-refractivity contribution in [3.8, 4) is 0 Å². The largest absolute Gasteiger partial charge is 0.394 e. The Morgan fingerprint density at radius 3 is 2.72 bits per heavy atom. The van der Waals surface area contributed by atoms with Crippen LogP contribution in [0.5, 0.6) is 0 Å². The summed E-state index contributed by atoms with van der Waals surface area (Å²) in [6.07, 6.45) is 1.04. The van der Waals surface area contributed by atoms with Crippen molar-refractivity contribution < 1.29 is 14.6 Å². The van der Waals surface area contributed by atoms with E-state index in [4.69, 9.17) is 4.74 Å². The average Bonchev–Trinajstić information content (AvgIpc) is 2.80. The zero-order valence-electron chi connectivity index (χ0n) is 11.6. The normalized spacial score (nSPS) is 25.4. The third-order valence-electron chi connectivity index (χ3n) is 3.40. The fraction of sp³-hybridized carbons (Fsp3) is 0.923. The van der Waals surface area contributed by atoms with E-state index in [-0.39, 0.29) is 36.4 Å². The van der Waals surface area contributed by atoms with Gasteiger partial charge in [-0.15, -0.1) is 0 Å². The highest BCUT2D eigenvalue weighted by atomic mass is 16.5. The molecule has 0 aromatic heterocycles. The summed E-state index contributed by atoms with van der Waals surface area (Å²) in [6, 6.07) is -0.0821. The molecule has 1 aliphatic rings. The summed E-state index contributed by atoms with van der Waals surface area (Å²) in [5, 5.41) is 15.5. The number of ether oxygens (including phenoxy) is 1. The molecule has 0 saturated carbocycles. The third kappa shape index (κ3) is 4.23. The van der Waals surface area contributed by atoms with E-state index >= 15 is 0 Å². The molecule has 0 aliphatic carbocycles. The maximum atomic E-state index is 12.2. The number of aliphatic hydroxyl groups is 1. The fourth-order valence-electron chi connectivity index (χ4n) is 2.06. The molecule has 0 spiro atoms. The lowest BCUT2D eigenvalue weighted by Crippen LogP contribution is -2.49. The molecular formula is C13H26N2O3. The first-order valence-electron chi connectivity index (χ1n) is 6.82. The first kappa shape index (κ1) is 15.4. The maximum absolute atomic E-state index is 12.2. The molecule has 1 rings (SSSR count). The predicted molar refractivity (Wildman–Crippen MR) is 70.2 cm³/mol. The second-order valence-electron chi connectivity index (χ2n) is 5.25. The molecule has 1 aliphatic heterocycles. The Hall–Kier alpha value is -0.650. The van der Waals surface area contributed by atoms with Gasteiger partial charge in [0, 0.05) is 6.04 Å². The van der Waals surface area contributed by atoms with Crippen molar-refractivity contribution in [2.24, 2.45) is 11.8 Å². The SMILES string of the molecule is CCCNC1COCC1C(=O)N[C@H](CO)C(C)C. The van der Waals surface area contributed by atoms with Crippen LogP contribution in [0.15, 0.2) is 0 Å². The van der Waals surface area contributed by atoms with Crippen LogP contribution in [0.25, 0.3) is 0 Å². The number of rotatable bonds is 7. The van der Waals surface area contributed by atoms with Gasteiger partial charge in [-0.1, -0.05) is 20.8 Å². The molecule has 106 valence electrons. The van der Waals surface area contributed by atoms with Crippen LogP contribution in [0.2, 0.25) is 0 Å². The van der Waals surface area contributed by atoms with Crippen molar-refractivity contribution >= 4 is 5.91 Å². The number of aliphatic hydroxyl groups excluding tert-OH is 1. The Morgan fingerprint density at radius 2 is 2.17 bits per heavy atom. The van der Waals surface area contributed by atoms with Crippen LogP contribution in [0, 0.1) is 11.8 Å². The minimum absolute atomic E-state index is 0.0196. The Bertz CT molecular complexity index is 259. The number of nitrogens with one attached hydrogen (secondary N) is 2. The van der Waals surface area contributed by atoms with Gasteiger partial charge in [-0.25, -0.2) is 0 Å². The van der Waals surface area contributed by atoms with Gasteiger partial charge in [0.15, 0.2) is 0 Å². The quantitative estimate of drug-likeness (QED) is 0.607. The lowest BCUT2D eigenvalue weighted by atomic mass is 10.00. The number of carbonyl (C=O) groups excluding carboxylic acids is 1. The first-order chi connectivity index (χ1) is 8.60. The summed E-state index contributed by atoms with van der Waals surface area (Å²) in [7, 11) is 0. The van der Waals surface area contributed by atoms with Gasteiger partial charge in [0.1, 0.15) is 0 Å². The first-order valence-corrected chi connectivity index (χ1v) is 6.82. The smallest absolute Gasteiger partial charge is 0.227 e. The van der Waals surface area contributed by atoms with E-state index < -0.39 is 0 Å². The standard InChI is InChI=1S/C13H26N2O3/c1-4-5-14-12-8-18-7-10(12)13(17)15-11(6-16)9(2)3/h9-12,14,16H,4-8H2,1-3H3,(H,15,17)/t10?,11-,12?/m1/s1. The van der Waals surface area contributed by atoms with E-state index in [1.807, 2.05) is 13.8 Å². The monoisotopic (exact) mass is 258 g/mol. The summed E-state index contributed by atoms with van der Waals surface area (Å²) < 4.78 is 5.38. The summed E-state index contributed by atoms with van der Waals surface area (Å²) in [5.74, 6) is 0.0570. The lowest BCUT2D eigenvalue weighted by molar-refractivity contribution is -0.126. The zero-order valence-corrected chi connectivity index (χ0v) is 11.6. The zero-order chi connectivity index (χ0) is 13.5. The molecule has 3 N–H and O–H groups in total. The number of hydrogen-bond acceptors (Lipinski definition) is 4. The Balaban J connectivity index is 2.48. The predicted octanol–water partition coefficient (Wildman–Crippen LogP) is 0.134. The number of amides is 1. The molecule has 0 aromatic rings. The molecule has 18 heavy (non-hydrogen) atoms. The molecule has 2 unspecified atom stereocenters. The highest BCUT2D eigenvalue weighted by Gasteiger charge is 2.34. The molecule has 0 aromatic carbocycles. The molecule has 3 atom stereocenters. The van der Waals surface area contributed by atoms with Gasteiger partial charge < -0.3 is 20.5 Å². The summed E-state index contributed by atoms with van der Waals surface area (Å²) in [5.41, 5.74) is 0. The Labute approximate surface area is 109 Å². The van der Waals surface area contributed by atoms with Gasteiger partial charge in [-0.05, 0) is 18.9 Å². The van der Waals surface area contributed by atoms with Crippen LogP contribution in [-0.2, 0) is 9.53 Å². The van der Waals surface area contributed by atoms with E-state index in [9.17, 15) is 9.90 Å². The van der Waals surface area contributed by atoms with Gasteiger partial charge >= 0.3 is 0 Å². The van der Waals surface area contributed by atoms with Crippen LogP contribution in [0.1, 0.15) is 27.2 Å². The highest BCUT2D eigenvalue weighted by molar-refractivity contribution is 5.80. The number of hydrogen-bond donors (Lipinski definition) is 3. The molecule has 5 nitrogen and oxygen atoms in total. The second-order valence-corrected chi connectivity index (χ2v) is 5.25. The van der Waals surface area contributed by atoms with Crippen molar-refractivity contribution in [2.45, 2.75) is 39.3 Å². The molecule has 0 bridgehead atoms. The van der Waals surface area contributed by atoms with Crippen LogP contribution in [0.3, 0.4) is 0 Å². The molecule has 5 heteroatoms. The molecule has 1 amide bonds. The Kier molecular flexibility index (Phi) is 6.60. The minimum atomic E-state index is -0.176. The van der Waals surface area contributed by atoms with Gasteiger partial charge in [-0.3, -0.25) is 4.79 Å². The van der Waals surface area contributed by atoms with Crippen molar-refractivity contribution in [3.05, 3.63) is 0 Å². The van der Waals surface area contributed by atoms with Crippen molar-refractivity contribution in [1.82, 2.24) is 10.6 Å². The number of carbonyl (C=O) groups is 1. The molecule has 1 heterocycles. The van der Waals surface area contributed by atoms with Gasteiger partial charge in [-0.2, -0.15) is 0 Å². The fourth-order valence-corrected chi connectivity index (χ4v) is 2.06. The average molecular weight is 258 g/mol. The molecular weight excluding hydrogens is 232 g/mol. The topological polar surface area (TPSA) is 70.6 Å². The van der Waals surface area contributed by atoms with E-state index in [0.717, 1.165) is 13.0 Å². The van der Waals surface area contributed by atoms with E-state index in [1.54, 1.807) is 0 Å². The summed E-state index contributed by atoms with van der Waals surface area (Å²) in [6.45, 7) is 7.99. The molecule has 1 saturated heterocycles. The maximum Gasteiger partial charge on any atom is 0.227 e. The summed E-state index contributed by atoms with van der Waals surface area (Å²) >= 11 is 0. The van der Waals surface area contributed by atoms with Crippen LogP contribution in [-0.4, -0.2) is 49.5 Å². The summed E-state index contributed by atoms with van der Waals surface area (Å²) in [4.78, 5) is 12.2. The van der Waals surface area contributed by atoms with Gasteiger partial charge in [0.25, 0.3) is 0 Å². The van der Waals surface area contributed by atoms with Crippen LogP contribution in [0.4, 0.5) is 0 Å². The Morgan fingerprint density at radius 1 is 1.44 bits per heavy atom. The highest BCUT2D eigenvalue weighted by Crippen LogP contribution is 2.15. The van der Waals surface area contributed by atoms with Crippen molar-refractivity contribution in [1.29, 1.82) is 0 Å². The van der Waals surface area contributed by atoms with Crippen molar-refractivity contribution in [2.75, 3.05) is 26.4 Å². The molecule has 1 fully saturated rings. The molecule has 0 radical (unpaired) electrons. The van der Waals surface area contributed by atoms with Gasteiger partial charge in [0.05, 0.1) is 31.8 Å². The van der Waals surface area contributed by atoms with Crippen LogP contribution >= 0.6 is 0 Å². The lowest BCUT2D eigenvalue weighted by Gasteiger charge is -2.24. The third-order valence-corrected chi connectivity index (χ3v) is 3.40.